The lowest BCUT2D eigenvalue weighted by atomic mass is 9.91. The largest absolute Gasteiger partial charge is 0.395 e. The number of nitrogens with zero attached hydrogens (tertiary/aromatic N) is 4. The summed E-state index contributed by atoms with van der Waals surface area (Å²) >= 11 is 8.14. The molecule has 0 saturated carbocycles. The molecule has 39 heavy (non-hydrogen) atoms. The lowest BCUT2D eigenvalue weighted by Crippen LogP contribution is -2.22. The first-order chi connectivity index (χ1) is 18.7. The number of aliphatic hydroxyl groups excluding tert-OH is 1. The van der Waals surface area contributed by atoms with Gasteiger partial charge in [-0.2, -0.15) is 5.10 Å². The van der Waals surface area contributed by atoms with E-state index in [-0.39, 0.29) is 6.61 Å². The molecular weight excluding hydrogens is 534 g/mol. The van der Waals surface area contributed by atoms with Crippen LogP contribution in [0.4, 0.5) is 22.1 Å². The van der Waals surface area contributed by atoms with Crippen LogP contribution in [0.5, 0.6) is 0 Å². The van der Waals surface area contributed by atoms with E-state index < -0.39 is 11.4 Å². The number of amides is 2. The molecule has 4 N–H and O–H groups in total. The van der Waals surface area contributed by atoms with Gasteiger partial charge in [0.1, 0.15) is 22.8 Å². The summed E-state index contributed by atoms with van der Waals surface area (Å²) in [7, 11) is 1.82. The Balaban J connectivity index is 1.41. The SMILES string of the molecule is CNc1ncnc2scc(-c3ccc(NC(=O)Nc4cc(C(C)(C)CO)nn4-c4ccc(C)cc4)c(Cl)c3)c12. The van der Waals surface area contributed by atoms with Gasteiger partial charge in [0.2, 0.25) is 0 Å². The van der Waals surface area contributed by atoms with Crippen molar-refractivity contribution < 1.29 is 9.90 Å². The fraction of sp³-hybridized carbons (Fsp3) is 0.214. The van der Waals surface area contributed by atoms with E-state index in [4.69, 9.17) is 11.6 Å². The molecule has 9 nitrogen and oxygen atoms in total. The van der Waals surface area contributed by atoms with E-state index in [0.717, 1.165) is 38.4 Å². The maximum absolute atomic E-state index is 13.1. The lowest BCUT2D eigenvalue weighted by Gasteiger charge is -2.18. The highest BCUT2D eigenvalue weighted by molar-refractivity contribution is 7.17. The molecule has 0 radical (unpaired) electrons. The van der Waals surface area contributed by atoms with Gasteiger partial charge in [-0.05, 0) is 36.8 Å². The molecule has 0 unspecified atom stereocenters. The second-order valence-corrected chi connectivity index (χ2v) is 11.0. The number of carbonyl (C=O) groups excluding carboxylic acids is 1. The van der Waals surface area contributed by atoms with Crippen molar-refractivity contribution in [2.75, 3.05) is 29.6 Å². The van der Waals surface area contributed by atoms with E-state index in [0.29, 0.717) is 22.2 Å². The monoisotopic (exact) mass is 561 g/mol. The highest BCUT2D eigenvalue weighted by Crippen LogP contribution is 2.38. The zero-order chi connectivity index (χ0) is 27.7. The van der Waals surface area contributed by atoms with Crippen molar-refractivity contribution in [1.82, 2.24) is 19.7 Å². The fourth-order valence-corrected chi connectivity index (χ4v) is 5.24. The molecule has 11 heteroatoms. The van der Waals surface area contributed by atoms with Gasteiger partial charge in [-0.1, -0.05) is 49.2 Å². The topological polar surface area (TPSA) is 117 Å². The van der Waals surface area contributed by atoms with Crippen LogP contribution in [-0.2, 0) is 5.41 Å². The Morgan fingerprint density at radius 1 is 1.10 bits per heavy atom. The molecule has 0 fully saturated rings. The van der Waals surface area contributed by atoms with Gasteiger partial charge in [-0.25, -0.2) is 19.4 Å². The molecule has 0 atom stereocenters. The van der Waals surface area contributed by atoms with Crippen molar-refractivity contribution in [3.8, 4) is 16.8 Å². The first kappa shape index (κ1) is 26.6. The molecule has 0 saturated heterocycles. The van der Waals surface area contributed by atoms with E-state index in [1.165, 1.54) is 17.7 Å². The number of hydrogen-bond donors (Lipinski definition) is 4. The van der Waals surface area contributed by atoms with Crippen molar-refractivity contribution in [2.24, 2.45) is 0 Å². The second kappa shape index (κ2) is 10.6. The molecule has 0 bridgehead atoms. The third-order valence-electron chi connectivity index (χ3n) is 6.45. The molecule has 0 spiro atoms. The minimum atomic E-state index is -0.591. The number of anilines is 3. The molecule has 3 aromatic heterocycles. The van der Waals surface area contributed by atoms with Crippen LogP contribution in [-0.4, -0.2) is 44.5 Å². The summed E-state index contributed by atoms with van der Waals surface area (Å²) in [5, 5.41) is 26.7. The van der Waals surface area contributed by atoms with Gasteiger partial charge in [-0.3, -0.25) is 5.32 Å². The number of hydrogen-bond acceptors (Lipinski definition) is 7. The van der Waals surface area contributed by atoms with Crippen LogP contribution < -0.4 is 16.0 Å². The molecule has 5 aromatic rings. The number of urea groups is 1. The Hall–Kier alpha value is -3.99. The van der Waals surface area contributed by atoms with Crippen molar-refractivity contribution in [1.29, 1.82) is 0 Å². The zero-order valence-electron chi connectivity index (χ0n) is 21.9. The number of rotatable bonds is 7. The Kier molecular flexibility index (Phi) is 7.26. The highest BCUT2D eigenvalue weighted by atomic mass is 35.5. The van der Waals surface area contributed by atoms with Crippen LogP contribution in [0.15, 0.2) is 60.2 Å². The summed E-state index contributed by atoms with van der Waals surface area (Å²) in [6.45, 7) is 5.69. The van der Waals surface area contributed by atoms with Gasteiger partial charge >= 0.3 is 6.03 Å². The first-order valence-corrected chi connectivity index (χ1v) is 13.5. The lowest BCUT2D eigenvalue weighted by molar-refractivity contribution is 0.215. The standard InChI is InChI=1S/C28H28ClN7O2S/c1-16-5-8-18(9-6-16)36-23(12-22(35-36)28(2,3)14-37)34-27(38)33-21-10-7-17(11-20(21)29)19-13-39-26-24(19)25(30-4)31-15-32-26/h5-13,15,37H,14H2,1-4H3,(H,30,31,32)(H2,33,34,38). The quantitative estimate of drug-likeness (QED) is 0.181. The number of aryl methyl sites for hydroxylation is 1. The van der Waals surface area contributed by atoms with E-state index in [2.05, 4.69) is 31.0 Å². The maximum Gasteiger partial charge on any atom is 0.324 e. The Bertz CT molecular complexity index is 1660. The van der Waals surface area contributed by atoms with Crippen LogP contribution >= 0.6 is 22.9 Å². The Morgan fingerprint density at radius 3 is 2.56 bits per heavy atom. The van der Waals surface area contributed by atoms with Crippen LogP contribution in [0.25, 0.3) is 27.0 Å². The smallest absolute Gasteiger partial charge is 0.324 e. The van der Waals surface area contributed by atoms with Crippen LogP contribution in [0.3, 0.4) is 0 Å². The molecule has 2 amide bonds. The predicted octanol–water partition coefficient (Wildman–Crippen LogP) is 6.46. The minimum absolute atomic E-state index is 0.0904. The summed E-state index contributed by atoms with van der Waals surface area (Å²) in [6, 6.07) is 14.6. The van der Waals surface area contributed by atoms with Gasteiger partial charge in [0, 0.05) is 29.5 Å². The first-order valence-electron chi connectivity index (χ1n) is 12.3. The van der Waals surface area contributed by atoms with Gasteiger partial charge in [0.05, 0.1) is 34.1 Å². The molecule has 3 heterocycles. The van der Waals surface area contributed by atoms with Crippen LogP contribution in [0, 0.1) is 6.92 Å². The Labute approximate surface area is 234 Å². The Morgan fingerprint density at radius 2 is 1.87 bits per heavy atom. The summed E-state index contributed by atoms with van der Waals surface area (Å²) in [4.78, 5) is 22.6. The van der Waals surface area contributed by atoms with E-state index in [1.54, 1.807) is 16.8 Å². The van der Waals surface area contributed by atoms with Gasteiger partial charge in [0.25, 0.3) is 0 Å². The second-order valence-electron chi connectivity index (χ2n) is 9.78. The normalized spacial score (nSPS) is 11.5. The summed E-state index contributed by atoms with van der Waals surface area (Å²) in [5.41, 5.74) is 4.25. The van der Waals surface area contributed by atoms with Gasteiger partial charge < -0.3 is 15.7 Å². The van der Waals surface area contributed by atoms with Crippen molar-refractivity contribution in [3.63, 3.8) is 0 Å². The highest BCUT2D eigenvalue weighted by Gasteiger charge is 2.25. The number of nitrogens with one attached hydrogen (secondary N) is 3. The van der Waals surface area contributed by atoms with Crippen molar-refractivity contribution in [2.45, 2.75) is 26.2 Å². The third-order valence-corrected chi connectivity index (χ3v) is 7.65. The predicted molar refractivity (Wildman–Crippen MR) is 158 cm³/mol. The fourth-order valence-electron chi connectivity index (χ4n) is 4.10. The number of benzene rings is 2. The number of thiophene rings is 1. The number of aromatic nitrogens is 4. The van der Waals surface area contributed by atoms with E-state index >= 15 is 0 Å². The summed E-state index contributed by atoms with van der Waals surface area (Å²) in [5.74, 6) is 1.20. The number of aliphatic hydroxyl groups is 1. The van der Waals surface area contributed by atoms with E-state index in [9.17, 15) is 9.90 Å². The van der Waals surface area contributed by atoms with Crippen molar-refractivity contribution >= 4 is 56.5 Å². The van der Waals surface area contributed by atoms with Gasteiger partial charge in [0.15, 0.2) is 0 Å². The zero-order valence-corrected chi connectivity index (χ0v) is 23.5. The van der Waals surface area contributed by atoms with E-state index in [1.807, 2.05) is 69.6 Å². The molecule has 0 aliphatic carbocycles. The van der Waals surface area contributed by atoms with Crippen molar-refractivity contribution in [3.05, 3.63) is 76.5 Å². The number of halogens is 1. The minimum Gasteiger partial charge on any atom is -0.395 e. The molecule has 0 aliphatic heterocycles. The maximum atomic E-state index is 13.1. The van der Waals surface area contributed by atoms with Gasteiger partial charge in [-0.15, -0.1) is 11.3 Å². The molecule has 0 aliphatic rings. The molecule has 200 valence electrons. The molecule has 5 rings (SSSR count). The average Bonchev–Trinajstić information content (AvgIpc) is 3.55. The summed E-state index contributed by atoms with van der Waals surface area (Å²) < 4.78 is 1.65. The third kappa shape index (κ3) is 5.31. The average molecular weight is 562 g/mol. The number of fused-ring (bicyclic) bond motifs is 1. The molecular formula is C28H28ClN7O2S. The van der Waals surface area contributed by atoms with Crippen LogP contribution in [0.2, 0.25) is 5.02 Å². The number of carbonyl (C=O) groups is 1. The van der Waals surface area contributed by atoms with Crippen LogP contribution in [0.1, 0.15) is 25.1 Å². The molecule has 2 aromatic carbocycles. The summed E-state index contributed by atoms with van der Waals surface area (Å²) in [6.07, 6.45) is 1.53.